The number of carbonyl (C=O) groups is 2. The average molecular weight is 781 g/mol. The molecule has 2 amide bonds. The largest absolute Gasteiger partial charge is 0.444 e. The SMILES string of the molecule is CC(C)(C)OC(=O)N1CC(C(=O)N2CCC(c3ccc(C(OCc4c(F)cccc4F)(C(F)(F)F)C(F)(F)F)cc3)(S(=O)(=O)c3ccc(F)cc3)C2)C1. The van der Waals surface area contributed by atoms with Crippen molar-refractivity contribution in [3.05, 3.63) is 101 Å². The van der Waals surface area contributed by atoms with E-state index in [0.29, 0.717) is 24.3 Å². The first-order valence-electron chi connectivity index (χ1n) is 16.0. The number of hydrogen-bond donors (Lipinski definition) is 0. The van der Waals surface area contributed by atoms with Crippen molar-refractivity contribution < 1.29 is 67.0 Å². The van der Waals surface area contributed by atoms with Crippen molar-refractivity contribution >= 4 is 21.8 Å². The molecule has 0 aromatic heterocycles. The predicted molar refractivity (Wildman–Crippen MR) is 169 cm³/mol. The Morgan fingerprint density at radius 1 is 0.811 bits per heavy atom. The van der Waals surface area contributed by atoms with Crippen molar-refractivity contribution in [3.8, 4) is 0 Å². The number of amides is 2. The molecule has 0 saturated carbocycles. The fraction of sp³-hybridized carbons (Fsp3) is 0.429. The molecule has 0 N–H and O–H groups in total. The fourth-order valence-corrected chi connectivity index (χ4v) is 8.46. The number of nitrogens with zero attached hydrogens (tertiary/aromatic N) is 2. The molecule has 0 bridgehead atoms. The lowest BCUT2D eigenvalue weighted by Gasteiger charge is -2.40. The van der Waals surface area contributed by atoms with Crippen LogP contribution in [0.2, 0.25) is 0 Å². The molecule has 0 spiro atoms. The van der Waals surface area contributed by atoms with Crippen LogP contribution in [0, 0.1) is 23.4 Å². The molecule has 2 fully saturated rings. The third-order valence-corrected chi connectivity index (χ3v) is 11.7. The van der Waals surface area contributed by atoms with Gasteiger partial charge in [0.1, 0.15) is 27.8 Å². The number of hydrogen-bond acceptors (Lipinski definition) is 6. The molecule has 0 aliphatic carbocycles. The fourth-order valence-electron chi connectivity index (χ4n) is 6.38. The molecular weight excluding hydrogens is 747 g/mol. The Balaban J connectivity index is 1.52. The highest BCUT2D eigenvalue weighted by atomic mass is 32.2. The van der Waals surface area contributed by atoms with Crippen LogP contribution in [0.3, 0.4) is 0 Å². The molecule has 2 aliphatic heterocycles. The number of sulfone groups is 1. The molecule has 1 unspecified atom stereocenters. The Kier molecular flexibility index (Phi) is 10.4. The van der Waals surface area contributed by atoms with Crippen LogP contribution in [0.4, 0.5) is 44.3 Å². The lowest BCUT2D eigenvalue weighted by molar-refractivity contribution is -0.392. The number of likely N-dealkylation sites (tertiary alicyclic amines) is 2. The molecule has 2 aliphatic rings. The number of rotatable bonds is 8. The van der Waals surface area contributed by atoms with Gasteiger partial charge in [-0.1, -0.05) is 30.3 Å². The monoisotopic (exact) mass is 780 g/mol. The van der Waals surface area contributed by atoms with Crippen LogP contribution in [-0.2, 0) is 41.1 Å². The number of carbonyl (C=O) groups excluding carboxylic acids is 2. The number of benzene rings is 3. The maximum Gasteiger partial charge on any atom is 0.430 e. The van der Waals surface area contributed by atoms with Gasteiger partial charge in [0.05, 0.1) is 17.4 Å². The van der Waals surface area contributed by atoms with E-state index in [-0.39, 0.29) is 31.6 Å². The van der Waals surface area contributed by atoms with Gasteiger partial charge in [0.25, 0.3) is 5.60 Å². The molecule has 5 rings (SSSR count). The van der Waals surface area contributed by atoms with E-state index in [1.807, 2.05) is 0 Å². The standard InChI is InChI=1S/C35H33F9N2O6S/c1-31(2,3)52-30(48)46-17-21(18-46)29(47)45-16-15-32(20-45,53(49,50)25-13-11-24(36)12-14-25)22-7-9-23(10-8-22)33(34(39,40)41,35(42,43)44)51-19-26-27(37)5-4-6-28(26)38/h4-14,21H,15-20H2,1-3H3. The first-order chi connectivity index (χ1) is 24.4. The molecule has 18 heteroatoms. The van der Waals surface area contributed by atoms with Crippen LogP contribution in [0.5, 0.6) is 0 Å². The topological polar surface area (TPSA) is 93.2 Å². The van der Waals surface area contributed by atoms with Gasteiger partial charge in [-0.25, -0.2) is 26.4 Å². The minimum absolute atomic E-state index is 0.0512. The third-order valence-electron chi connectivity index (χ3n) is 9.17. The van der Waals surface area contributed by atoms with Gasteiger partial charge in [-0.15, -0.1) is 0 Å². The van der Waals surface area contributed by atoms with E-state index in [0.717, 1.165) is 42.5 Å². The van der Waals surface area contributed by atoms with E-state index in [1.54, 1.807) is 20.8 Å². The smallest absolute Gasteiger partial charge is 0.430 e. The maximum atomic E-state index is 14.6. The molecule has 3 aromatic carbocycles. The molecule has 2 heterocycles. The second-order valence-corrected chi connectivity index (χ2v) is 16.0. The van der Waals surface area contributed by atoms with E-state index in [4.69, 9.17) is 4.74 Å². The Morgan fingerprint density at radius 3 is 1.87 bits per heavy atom. The van der Waals surface area contributed by atoms with Crippen molar-refractivity contribution in [1.29, 1.82) is 0 Å². The average Bonchev–Trinajstić information content (AvgIpc) is 3.48. The maximum absolute atomic E-state index is 14.6. The van der Waals surface area contributed by atoms with E-state index >= 15 is 0 Å². The van der Waals surface area contributed by atoms with Gasteiger partial charge in [0.2, 0.25) is 5.91 Å². The Hall–Kier alpha value is -4.32. The minimum atomic E-state index is -6.25. The van der Waals surface area contributed by atoms with Crippen LogP contribution in [-0.4, -0.2) is 74.4 Å². The molecule has 288 valence electrons. The minimum Gasteiger partial charge on any atom is -0.444 e. The Labute approximate surface area is 298 Å². The second kappa shape index (κ2) is 13.8. The van der Waals surface area contributed by atoms with Gasteiger partial charge < -0.3 is 19.3 Å². The highest BCUT2D eigenvalue weighted by Crippen LogP contribution is 2.54. The van der Waals surface area contributed by atoms with E-state index in [9.17, 15) is 57.5 Å². The lowest BCUT2D eigenvalue weighted by Crippen LogP contribution is -2.57. The first-order valence-corrected chi connectivity index (χ1v) is 17.5. The zero-order valence-corrected chi connectivity index (χ0v) is 29.1. The van der Waals surface area contributed by atoms with Crippen molar-refractivity contribution in [2.45, 2.75) is 67.0 Å². The quantitative estimate of drug-likeness (QED) is 0.175. The summed E-state index contributed by atoms with van der Waals surface area (Å²) in [6, 6.07) is 7.80. The summed E-state index contributed by atoms with van der Waals surface area (Å²) in [4.78, 5) is 27.9. The third kappa shape index (κ3) is 7.31. The molecule has 1 atom stereocenters. The summed E-state index contributed by atoms with van der Waals surface area (Å²) in [5, 5.41) is 0. The Bertz CT molecular complexity index is 1920. The molecule has 0 radical (unpaired) electrons. The molecular formula is C35H33F9N2O6S. The van der Waals surface area contributed by atoms with Crippen LogP contribution in [0.15, 0.2) is 71.6 Å². The zero-order chi connectivity index (χ0) is 39.4. The van der Waals surface area contributed by atoms with E-state index < -0.39 is 103 Å². The zero-order valence-electron chi connectivity index (χ0n) is 28.3. The summed E-state index contributed by atoms with van der Waals surface area (Å²) in [5.41, 5.74) is -9.01. The molecule has 8 nitrogen and oxygen atoms in total. The van der Waals surface area contributed by atoms with Gasteiger partial charge in [-0.05, 0) is 69.2 Å². The highest BCUT2D eigenvalue weighted by molar-refractivity contribution is 7.92. The lowest BCUT2D eigenvalue weighted by atomic mass is 9.88. The van der Waals surface area contributed by atoms with Gasteiger partial charge in [0, 0.05) is 37.3 Å². The van der Waals surface area contributed by atoms with Gasteiger partial charge in [-0.2, -0.15) is 26.3 Å². The first kappa shape index (κ1) is 39.9. The van der Waals surface area contributed by atoms with E-state index in [1.165, 1.54) is 9.80 Å². The van der Waals surface area contributed by atoms with Crippen molar-refractivity contribution in [1.82, 2.24) is 9.80 Å². The van der Waals surface area contributed by atoms with Crippen LogP contribution >= 0.6 is 0 Å². The number of alkyl halides is 6. The predicted octanol–water partition coefficient (Wildman–Crippen LogP) is 7.41. The normalized spacial score (nSPS) is 18.9. The van der Waals surface area contributed by atoms with Crippen molar-refractivity contribution in [2.24, 2.45) is 5.92 Å². The van der Waals surface area contributed by atoms with Crippen molar-refractivity contribution in [3.63, 3.8) is 0 Å². The van der Waals surface area contributed by atoms with Gasteiger partial charge >= 0.3 is 18.4 Å². The highest BCUT2D eigenvalue weighted by Gasteiger charge is 2.73. The summed E-state index contributed by atoms with van der Waals surface area (Å²) in [5.74, 6) is -5.02. The second-order valence-electron chi connectivity index (χ2n) is 13.8. The summed E-state index contributed by atoms with van der Waals surface area (Å²) >= 11 is 0. The molecule has 53 heavy (non-hydrogen) atoms. The summed E-state index contributed by atoms with van der Waals surface area (Å²) in [7, 11) is -4.66. The number of ether oxygens (including phenoxy) is 2. The Morgan fingerprint density at radius 2 is 1.36 bits per heavy atom. The van der Waals surface area contributed by atoms with Gasteiger partial charge in [0.15, 0.2) is 9.84 Å². The van der Waals surface area contributed by atoms with Crippen molar-refractivity contribution in [2.75, 3.05) is 26.2 Å². The summed E-state index contributed by atoms with van der Waals surface area (Å²) in [6.07, 6.45) is -13.5. The summed E-state index contributed by atoms with van der Waals surface area (Å²) in [6.45, 7) is 2.25. The van der Waals surface area contributed by atoms with Gasteiger partial charge in [-0.3, -0.25) is 4.79 Å². The van der Waals surface area contributed by atoms with Crippen LogP contribution in [0.1, 0.15) is 43.9 Å². The summed E-state index contributed by atoms with van der Waals surface area (Å²) < 4.78 is 166. The van der Waals surface area contributed by atoms with Crippen LogP contribution < -0.4 is 0 Å². The van der Waals surface area contributed by atoms with Crippen LogP contribution in [0.25, 0.3) is 0 Å². The molecule has 2 saturated heterocycles. The number of halogens is 9. The van der Waals surface area contributed by atoms with E-state index in [2.05, 4.69) is 4.74 Å². The molecule has 3 aromatic rings.